The Morgan fingerprint density at radius 2 is 1.82 bits per heavy atom. The zero-order chi connectivity index (χ0) is 13.2. The third kappa shape index (κ3) is 2.99. The van der Waals surface area contributed by atoms with E-state index in [9.17, 15) is 23.8 Å². The van der Waals surface area contributed by atoms with Gasteiger partial charge in [0.25, 0.3) is 0 Å². The first kappa shape index (κ1) is 14.0. The van der Waals surface area contributed by atoms with E-state index in [1.165, 1.54) is 0 Å². The van der Waals surface area contributed by atoms with E-state index < -0.39 is 35.4 Å². The van der Waals surface area contributed by atoms with Crippen molar-refractivity contribution in [3.05, 3.63) is 33.8 Å². The van der Waals surface area contributed by atoms with Gasteiger partial charge in [0.05, 0.1) is 12.7 Å². The molecule has 4 nitrogen and oxygen atoms in total. The Balaban J connectivity index is 3.12. The van der Waals surface area contributed by atoms with Gasteiger partial charge in [0.2, 0.25) is 0 Å². The highest BCUT2D eigenvalue weighted by atomic mass is 79.9. The molecule has 0 aromatic heterocycles. The van der Waals surface area contributed by atoms with E-state index >= 15 is 0 Å². The summed E-state index contributed by atoms with van der Waals surface area (Å²) in [6.45, 7) is 0. The fourth-order valence-electron chi connectivity index (χ4n) is 1.24. The van der Waals surface area contributed by atoms with Crippen molar-refractivity contribution >= 4 is 21.9 Å². The Hall–Kier alpha value is -1.05. The highest BCUT2D eigenvalue weighted by molar-refractivity contribution is 9.10. The Kier molecular flexibility index (Phi) is 4.55. The van der Waals surface area contributed by atoms with Crippen molar-refractivity contribution in [2.45, 2.75) is 12.2 Å². The van der Waals surface area contributed by atoms with Crippen molar-refractivity contribution in [1.29, 1.82) is 0 Å². The number of halogens is 3. The van der Waals surface area contributed by atoms with E-state index in [2.05, 4.69) is 20.7 Å². The van der Waals surface area contributed by atoms with Crippen LogP contribution < -0.4 is 0 Å². The third-order valence-corrected chi connectivity index (χ3v) is 2.54. The molecule has 2 unspecified atom stereocenters. The molecule has 0 spiro atoms. The van der Waals surface area contributed by atoms with Gasteiger partial charge in [-0.2, -0.15) is 0 Å². The monoisotopic (exact) mass is 310 g/mol. The van der Waals surface area contributed by atoms with Gasteiger partial charge in [-0.15, -0.1) is 0 Å². The van der Waals surface area contributed by atoms with Crippen LogP contribution in [0.25, 0.3) is 0 Å². The number of carbonyl (C=O) groups excluding carboxylic acids is 1. The molecule has 0 aliphatic heterocycles. The van der Waals surface area contributed by atoms with Gasteiger partial charge in [0.15, 0.2) is 6.10 Å². The second kappa shape index (κ2) is 5.52. The quantitative estimate of drug-likeness (QED) is 0.826. The van der Waals surface area contributed by atoms with E-state index in [4.69, 9.17) is 0 Å². The Morgan fingerprint density at radius 3 is 2.24 bits per heavy atom. The molecule has 2 N–H and O–H groups in total. The van der Waals surface area contributed by atoms with Crippen LogP contribution >= 0.6 is 15.9 Å². The number of aliphatic hydroxyl groups is 2. The fraction of sp³-hybridized carbons (Fsp3) is 0.300. The summed E-state index contributed by atoms with van der Waals surface area (Å²) in [5.74, 6) is -3.33. The first-order valence-corrected chi connectivity index (χ1v) is 5.26. The van der Waals surface area contributed by atoms with Crippen molar-refractivity contribution in [3.63, 3.8) is 0 Å². The minimum Gasteiger partial charge on any atom is -0.467 e. The van der Waals surface area contributed by atoms with Gasteiger partial charge < -0.3 is 14.9 Å². The molecule has 2 atom stereocenters. The number of hydrogen-bond acceptors (Lipinski definition) is 4. The summed E-state index contributed by atoms with van der Waals surface area (Å²) >= 11 is 2.86. The van der Waals surface area contributed by atoms with Crippen LogP contribution in [0.5, 0.6) is 0 Å². The molecule has 0 saturated heterocycles. The van der Waals surface area contributed by atoms with Crippen molar-refractivity contribution in [1.82, 2.24) is 0 Å². The zero-order valence-corrected chi connectivity index (χ0v) is 10.2. The maximum absolute atomic E-state index is 13.4. The molecule has 0 saturated carbocycles. The predicted octanol–water partition coefficient (Wildman–Crippen LogP) is 1.29. The first-order chi connectivity index (χ1) is 7.88. The van der Waals surface area contributed by atoms with Gasteiger partial charge in [-0.25, -0.2) is 13.6 Å². The lowest BCUT2D eigenvalue weighted by molar-refractivity contribution is -0.157. The lowest BCUT2D eigenvalue weighted by atomic mass is 10.0. The summed E-state index contributed by atoms with van der Waals surface area (Å²) in [6.07, 6.45) is -4.08. The average molecular weight is 311 g/mol. The maximum atomic E-state index is 13.4. The molecule has 94 valence electrons. The smallest absolute Gasteiger partial charge is 0.337 e. The van der Waals surface area contributed by atoms with Gasteiger partial charge in [-0.3, -0.25) is 0 Å². The van der Waals surface area contributed by atoms with Gasteiger partial charge in [-0.1, -0.05) is 15.9 Å². The fourth-order valence-corrected chi connectivity index (χ4v) is 1.65. The molecule has 1 aromatic carbocycles. The van der Waals surface area contributed by atoms with Crippen LogP contribution in [0, 0.1) is 11.6 Å². The van der Waals surface area contributed by atoms with Crippen molar-refractivity contribution in [3.8, 4) is 0 Å². The second-order valence-corrected chi connectivity index (χ2v) is 4.11. The third-order valence-electron chi connectivity index (χ3n) is 2.08. The van der Waals surface area contributed by atoms with E-state index in [1.54, 1.807) is 0 Å². The molecule has 0 aliphatic carbocycles. The minimum atomic E-state index is -2.05. The summed E-state index contributed by atoms with van der Waals surface area (Å²) in [4.78, 5) is 10.9. The Morgan fingerprint density at radius 1 is 1.35 bits per heavy atom. The van der Waals surface area contributed by atoms with Gasteiger partial charge in [0, 0.05) is 4.47 Å². The largest absolute Gasteiger partial charge is 0.467 e. The van der Waals surface area contributed by atoms with Crippen LogP contribution in [-0.4, -0.2) is 29.4 Å². The lowest BCUT2D eigenvalue weighted by Crippen LogP contribution is -2.30. The molecule has 0 fully saturated rings. The summed E-state index contributed by atoms with van der Waals surface area (Å²) in [5, 5.41) is 18.8. The first-order valence-electron chi connectivity index (χ1n) is 4.47. The van der Waals surface area contributed by atoms with Crippen molar-refractivity contribution in [2.24, 2.45) is 0 Å². The van der Waals surface area contributed by atoms with E-state index in [-0.39, 0.29) is 4.47 Å². The molecule has 0 aliphatic rings. The maximum Gasteiger partial charge on any atom is 0.337 e. The molecule has 0 heterocycles. The van der Waals surface area contributed by atoms with Crippen LogP contribution in [0.2, 0.25) is 0 Å². The van der Waals surface area contributed by atoms with Gasteiger partial charge >= 0.3 is 5.97 Å². The normalized spacial score (nSPS) is 14.2. The standard InChI is InChI=1S/C10H9BrF2O4/c1-17-10(16)9(15)8(14)7-5(12)2-4(11)3-6(7)13/h2-3,8-9,14-15H,1H3. The van der Waals surface area contributed by atoms with Crippen LogP contribution in [0.15, 0.2) is 16.6 Å². The molecule has 0 bridgehead atoms. The molecule has 1 aromatic rings. The highest BCUT2D eigenvalue weighted by Crippen LogP contribution is 2.27. The van der Waals surface area contributed by atoms with Crippen molar-refractivity contribution < 1.29 is 28.5 Å². The number of methoxy groups -OCH3 is 1. The molecular weight excluding hydrogens is 302 g/mol. The molecule has 17 heavy (non-hydrogen) atoms. The van der Waals surface area contributed by atoms with Crippen molar-refractivity contribution in [2.75, 3.05) is 7.11 Å². The molecular formula is C10H9BrF2O4. The minimum absolute atomic E-state index is 0.135. The topological polar surface area (TPSA) is 66.8 Å². The average Bonchev–Trinajstić information content (AvgIpc) is 2.25. The Bertz CT molecular complexity index is 415. The predicted molar refractivity (Wildman–Crippen MR) is 57.0 cm³/mol. The van der Waals surface area contributed by atoms with E-state index in [1.807, 2.05) is 0 Å². The number of hydrogen-bond donors (Lipinski definition) is 2. The number of ether oxygens (including phenoxy) is 1. The SMILES string of the molecule is COC(=O)C(O)C(O)c1c(F)cc(Br)cc1F. The molecule has 1 rings (SSSR count). The van der Waals surface area contributed by atoms with Crippen LogP contribution in [0.4, 0.5) is 8.78 Å². The number of esters is 1. The van der Waals surface area contributed by atoms with Crippen LogP contribution in [-0.2, 0) is 9.53 Å². The Labute approximate surface area is 104 Å². The van der Waals surface area contributed by atoms with Crippen LogP contribution in [0.3, 0.4) is 0 Å². The van der Waals surface area contributed by atoms with E-state index in [0.717, 1.165) is 19.2 Å². The number of aliphatic hydroxyl groups excluding tert-OH is 2. The summed E-state index contributed by atoms with van der Waals surface area (Å²) in [7, 11) is 0.979. The zero-order valence-electron chi connectivity index (χ0n) is 8.65. The lowest BCUT2D eigenvalue weighted by Gasteiger charge is -2.17. The van der Waals surface area contributed by atoms with Gasteiger partial charge in [0.1, 0.15) is 17.7 Å². The van der Waals surface area contributed by atoms with Crippen LogP contribution in [0.1, 0.15) is 11.7 Å². The second-order valence-electron chi connectivity index (χ2n) is 3.20. The molecule has 0 radical (unpaired) electrons. The number of benzene rings is 1. The van der Waals surface area contributed by atoms with E-state index in [0.29, 0.717) is 0 Å². The molecule has 7 heteroatoms. The number of rotatable bonds is 3. The summed E-state index contributed by atoms with van der Waals surface area (Å²) < 4.78 is 31.1. The number of carbonyl (C=O) groups is 1. The molecule has 0 amide bonds. The summed E-state index contributed by atoms with van der Waals surface area (Å²) in [5.41, 5.74) is -0.786. The summed E-state index contributed by atoms with van der Waals surface area (Å²) in [6, 6.07) is 1.82. The van der Waals surface area contributed by atoms with Gasteiger partial charge in [-0.05, 0) is 12.1 Å². The highest BCUT2D eigenvalue weighted by Gasteiger charge is 2.31.